The molecule has 0 saturated carbocycles. The topological polar surface area (TPSA) is 61.0 Å². The Morgan fingerprint density at radius 3 is 3.11 bits per heavy atom. The van der Waals surface area contributed by atoms with Crippen LogP contribution in [0.2, 0.25) is 0 Å². The van der Waals surface area contributed by atoms with Gasteiger partial charge in [0.05, 0.1) is 17.4 Å². The molecule has 2 N–H and O–H groups in total. The highest BCUT2D eigenvalue weighted by molar-refractivity contribution is 5.77. The van der Waals surface area contributed by atoms with Crippen molar-refractivity contribution in [2.24, 2.45) is 0 Å². The standard InChI is InChI=1S/C14H18N4O/c1-10-8-18(7-6-15-10)9-13-16-12-5-3-2-4-11(12)14(19)17-13/h2-5,10,15H,6-9H2,1H3,(H,16,17,19)/t10-/m0/s1. The van der Waals surface area contributed by atoms with Crippen LogP contribution in [0.3, 0.4) is 0 Å². The summed E-state index contributed by atoms with van der Waals surface area (Å²) in [5, 5.41) is 4.06. The van der Waals surface area contributed by atoms with Crippen molar-refractivity contribution in [3.05, 3.63) is 40.4 Å². The van der Waals surface area contributed by atoms with E-state index in [1.54, 1.807) is 6.07 Å². The number of fused-ring (bicyclic) bond motifs is 1. The molecule has 1 saturated heterocycles. The van der Waals surface area contributed by atoms with Crippen molar-refractivity contribution in [3.63, 3.8) is 0 Å². The van der Waals surface area contributed by atoms with E-state index in [1.807, 2.05) is 18.2 Å². The molecule has 1 aromatic carbocycles. The number of hydrogen-bond donors (Lipinski definition) is 2. The lowest BCUT2D eigenvalue weighted by atomic mass is 10.2. The van der Waals surface area contributed by atoms with Crippen LogP contribution in [0.5, 0.6) is 0 Å². The van der Waals surface area contributed by atoms with Gasteiger partial charge in [0.2, 0.25) is 0 Å². The number of aromatic amines is 1. The van der Waals surface area contributed by atoms with Crippen molar-refractivity contribution in [3.8, 4) is 0 Å². The maximum Gasteiger partial charge on any atom is 0.258 e. The van der Waals surface area contributed by atoms with Crippen molar-refractivity contribution in [1.82, 2.24) is 20.2 Å². The van der Waals surface area contributed by atoms with Gasteiger partial charge in [0.15, 0.2) is 0 Å². The molecule has 2 aromatic rings. The number of nitrogens with one attached hydrogen (secondary N) is 2. The third-order valence-corrected chi connectivity index (χ3v) is 3.49. The molecule has 100 valence electrons. The molecule has 1 aromatic heterocycles. The van der Waals surface area contributed by atoms with E-state index >= 15 is 0 Å². The zero-order chi connectivity index (χ0) is 13.2. The van der Waals surface area contributed by atoms with Crippen molar-refractivity contribution < 1.29 is 0 Å². The first-order valence-electron chi connectivity index (χ1n) is 6.66. The van der Waals surface area contributed by atoms with E-state index in [9.17, 15) is 4.79 Å². The minimum absolute atomic E-state index is 0.0521. The second-order valence-electron chi connectivity index (χ2n) is 5.12. The largest absolute Gasteiger partial charge is 0.312 e. The monoisotopic (exact) mass is 258 g/mol. The van der Waals surface area contributed by atoms with Crippen molar-refractivity contribution in [2.75, 3.05) is 19.6 Å². The second kappa shape index (κ2) is 5.11. The van der Waals surface area contributed by atoms with Crippen LogP contribution in [0, 0.1) is 0 Å². The molecule has 1 atom stereocenters. The Hall–Kier alpha value is -1.72. The fraction of sp³-hybridized carbons (Fsp3) is 0.429. The zero-order valence-electron chi connectivity index (χ0n) is 11.0. The van der Waals surface area contributed by atoms with Gasteiger partial charge in [-0.25, -0.2) is 4.98 Å². The summed E-state index contributed by atoms with van der Waals surface area (Å²) in [5.74, 6) is 0.748. The SMILES string of the molecule is C[C@H]1CN(Cc2nc3ccccc3c(=O)[nH]2)CCN1. The number of nitrogens with zero attached hydrogens (tertiary/aromatic N) is 2. The summed E-state index contributed by atoms with van der Waals surface area (Å²) < 4.78 is 0. The number of H-pyrrole nitrogens is 1. The first-order valence-corrected chi connectivity index (χ1v) is 6.66. The van der Waals surface area contributed by atoms with E-state index in [-0.39, 0.29) is 5.56 Å². The molecule has 5 nitrogen and oxygen atoms in total. The predicted molar refractivity (Wildman–Crippen MR) is 75.1 cm³/mol. The molecule has 19 heavy (non-hydrogen) atoms. The normalized spacial score (nSPS) is 20.8. The Balaban J connectivity index is 1.87. The smallest absolute Gasteiger partial charge is 0.258 e. The van der Waals surface area contributed by atoms with Gasteiger partial charge in [0, 0.05) is 25.7 Å². The average molecular weight is 258 g/mol. The third-order valence-electron chi connectivity index (χ3n) is 3.49. The first kappa shape index (κ1) is 12.3. The molecule has 1 aliphatic rings. The number of piperazine rings is 1. The maximum absolute atomic E-state index is 12.0. The molecule has 2 heterocycles. The molecule has 0 spiro atoms. The van der Waals surface area contributed by atoms with Gasteiger partial charge in [0.1, 0.15) is 5.82 Å². The van der Waals surface area contributed by atoms with Gasteiger partial charge >= 0.3 is 0 Å². The first-order chi connectivity index (χ1) is 9.22. The summed E-state index contributed by atoms with van der Waals surface area (Å²) in [6.07, 6.45) is 0. The van der Waals surface area contributed by atoms with E-state index in [1.165, 1.54) is 0 Å². The minimum atomic E-state index is -0.0521. The van der Waals surface area contributed by atoms with E-state index in [4.69, 9.17) is 0 Å². The van der Waals surface area contributed by atoms with Crippen molar-refractivity contribution >= 4 is 10.9 Å². The Morgan fingerprint density at radius 1 is 1.42 bits per heavy atom. The molecule has 0 unspecified atom stereocenters. The highest BCUT2D eigenvalue weighted by atomic mass is 16.1. The lowest BCUT2D eigenvalue weighted by molar-refractivity contribution is 0.195. The number of aromatic nitrogens is 2. The summed E-state index contributed by atoms with van der Waals surface area (Å²) in [5.41, 5.74) is 0.716. The lowest BCUT2D eigenvalue weighted by Gasteiger charge is -2.31. The Kier molecular flexibility index (Phi) is 3.31. The van der Waals surface area contributed by atoms with Gasteiger partial charge in [-0.2, -0.15) is 0 Å². The van der Waals surface area contributed by atoms with Crippen LogP contribution in [0.25, 0.3) is 10.9 Å². The van der Waals surface area contributed by atoms with Crippen LogP contribution < -0.4 is 10.9 Å². The number of benzene rings is 1. The molecule has 0 bridgehead atoms. The fourth-order valence-corrected chi connectivity index (χ4v) is 2.58. The van der Waals surface area contributed by atoms with Crippen LogP contribution in [-0.4, -0.2) is 40.5 Å². The van der Waals surface area contributed by atoms with Crippen molar-refractivity contribution in [2.45, 2.75) is 19.5 Å². The summed E-state index contributed by atoms with van der Waals surface area (Å²) in [6, 6.07) is 7.94. The molecule has 1 fully saturated rings. The van der Waals surface area contributed by atoms with E-state index < -0.39 is 0 Å². The predicted octanol–water partition coefficient (Wildman–Crippen LogP) is 0.717. The zero-order valence-corrected chi connectivity index (χ0v) is 11.0. The van der Waals surface area contributed by atoms with E-state index in [0.29, 0.717) is 18.0 Å². The Morgan fingerprint density at radius 2 is 2.26 bits per heavy atom. The Labute approximate surface area is 111 Å². The van der Waals surface area contributed by atoms with Crippen molar-refractivity contribution in [1.29, 1.82) is 0 Å². The lowest BCUT2D eigenvalue weighted by Crippen LogP contribution is -2.48. The Bertz CT molecular complexity index is 637. The molecular weight excluding hydrogens is 240 g/mol. The van der Waals surface area contributed by atoms with Gasteiger partial charge in [0.25, 0.3) is 5.56 Å². The quantitative estimate of drug-likeness (QED) is 0.833. The second-order valence-corrected chi connectivity index (χ2v) is 5.12. The highest BCUT2D eigenvalue weighted by Crippen LogP contribution is 2.08. The summed E-state index contributed by atoms with van der Waals surface area (Å²) in [7, 11) is 0. The van der Waals surface area contributed by atoms with Gasteiger partial charge in [-0.15, -0.1) is 0 Å². The fourth-order valence-electron chi connectivity index (χ4n) is 2.58. The molecule has 5 heteroatoms. The maximum atomic E-state index is 12.0. The number of para-hydroxylation sites is 1. The van der Waals surface area contributed by atoms with Crippen LogP contribution in [-0.2, 0) is 6.54 Å². The van der Waals surface area contributed by atoms with Crippen LogP contribution in [0.15, 0.2) is 29.1 Å². The molecular formula is C14H18N4O. The molecule has 0 amide bonds. The van der Waals surface area contributed by atoms with Crippen LogP contribution >= 0.6 is 0 Å². The van der Waals surface area contributed by atoms with E-state index in [2.05, 4.69) is 27.1 Å². The summed E-state index contributed by atoms with van der Waals surface area (Å²) in [4.78, 5) is 21.7. The molecule has 1 aliphatic heterocycles. The average Bonchev–Trinajstić information content (AvgIpc) is 2.39. The van der Waals surface area contributed by atoms with Crippen LogP contribution in [0.4, 0.5) is 0 Å². The molecule has 0 aliphatic carbocycles. The van der Waals surface area contributed by atoms with Gasteiger partial charge in [-0.1, -0.05) is 12.1 Å². The third kappa shape index (κ3) is 2.67. The number of rotatable bonds is 2. The summed E-state index contributed by atoms with van der Waals surface area (Å²) in [6.45, 7) is 5.82. The summed E-state index contributed by atoms with van der Waals surface area (Å²) >= 11 is 0. The minimum Gasteiger partial charge on any atom is -0.312 e. The molecule has 0 radical (unpaired) electrons. The van der Waals surface area contributed by atoms with Gasteiger partial charge in [-0.3, -0.25) is 9.69 Å². The van der Waals surface area contributed by atoms with Gasteiger partial charge in [-0.05, 0) is 19.1 Å². The highest BCUT2D eigenvalue weighted by Gasteiger charge is 2.16. The molecule has 3 rings (SSSR count). The number of hydrogen-bond acceptors (Lipinski definition) is 4. The van der Waals surface area contributed by atoms with Crippen LogP contribution in [0.1, 0.15) is 12.7 Å². The van der Waals surface area contributed by atoms with E-state index in [0.717, 1.165) is 31.0 Å². The van der Waals surface area contributed by atoms with Gasteiger partial charge < -0.3 is 10.3 Å².